The molecule has 150 valence electrons. The molecule has 3 rings (SSSR count). The fourth-order valence-corrected chi connectivity index (χ4v) is 3.25. The van der Waals surface area contributed by atoms with Crippen LogP contribution < -0.4 is 20.1 Å². The predicted octanol–water partition coefficient (Wildman–Crippen LogP) is 3.63. The molecule has 28 heavy (non-hydrogen) atoms. The minimum atomic E-state index is -0.365. The first-order chi connectivity index (χ1) is 13.6. The summed E-state index contributed by atoms with van der Waals surface area (Å²) >= 11 is 0. The van der Waals surface area contributed by atoms with Gasteiger partial charge in [0.1, 0.15) is 5.75 Å². The van der Waals surface area contributed by atoms with Crippen LogP contribution in [0.15, 0.2) is 41.4 Å². The van der Waals surface area contributed by atoms with Gasteiger partial charge in [0, 0.05) is 19.5 Å². The molecule has 0 saturated heterocycles. The van der Waals surface area contributed by atoms with E-state index in [1.807, 2.05) is 26.0 Å². The third-order valence-corrected chi connectivity index (χ3v) is 4.80. The lowest BCUT2D eigenvalue weighted by Crippen LogP contribution is -2.38. The SMILES string of the molecule is CCNC(=NCCc1ccc2c(c1)CCO2)NC(C)c1ccc(OC)c(F)c1. The van der Waals surface area contributed by atoms with Crippen LogP contribution in [0.2, 0.25) is 0 Å². The summed E-state index contributed by atoms with van der Waals surface area (Å²) in [6.07, 6.45) is 1.84. The molecule has 6 heteroatoms. The van der Waals surface area contributed by atoms with Gasteiger partial charge in [-0.3, -0.25) is 4.99 Å². The van der Waals surface area contributed by atoms with Crippen molar-refractivity contribution in [2.45, 2.75) is 32.7 Å². The number of aliphatic imine (C=N–C) groups is 1. The second-order valence-corrected chi connectivity index (χ2v) is 6.81. The maximum Gasteiger partial charge on any atom is 0.191 e. The van der Waals surface area contributed by atoms with E-state index in [1.165, 1.54) is 24.3 Å². The summed E-state index contributed by atoms with van der Waals surface area (Å²) < 4.78 is 24.5. The molecule has 0 radical (unpaired) electrons. The number of hydrogen-bond acceptors (Lipinski definition) is 3. The molecule has 2 aromatic rings. The zero-order valence-electron chi connectivity index (χ0n) is 16.7. The van der Waals surface area contributed by atoms with E-state index in [9.17, 15) is 4.39 Å². The molecule has 5 nitrogen and oxygen atoms in total. The Hall–Kier alpha value is -2.76. The Balaban J connectivity index is 1.61. The lowest BCUT2D eigenvalue weighted by Gasteiger charge is -2.18. The van der Waals surface area contributed by atoms with Crippen molar-refractivity contribution in [3.8, 4) is 11.5 Å². The fraction of sp³-hybridized carbons (Fsp3) is 0.409. The highest BCUT2D eigenvalue weighted by molar-refractivity contribution is 5.80. The van der Waals surface area contributed by atoms with E-state index in [0.29, 0.717) is 6.54 Å². The van der Waals surface area contributed by atoms with Gasteiger partial charge in [0.05, 0.1) is 19.8 Å². The van der Waals surface area contributed by atoms with Crippen molar-refractivity contribution in [2.75, 3.05) is 26.8 Å². The van der Waals surface area contributed by atoms with Gasteiger partial charge in [-0.15, -0.1) is 0 Å². The Kier molecular flexibility index (Phi) is 6.74. The second kappa shape index (κ2) is 9.44. The van der Waals surface area contributed by atoms with Crippen molar-refractivity contribution in [1.29, 1.82) is 0 Å². The summed E-state index contributed by atoms with van der Waals surface area (Å²) in [7, 11) is 1.46. The third kappa shape index (κ3) is 4.94. The van der Waals surface area contributed by atoms with E-state index in [4.69, 9.17) is 9.47 Å². The predicted molar refractivity (Wildman–Crippen MR) is 110 cm³/mol. The van der Waals surface area contributed by atoms with Crippen molar-refractivity contribution in [1.82, 2.24) is 10.6 Å². The van der Waals surface area contributed by atoms with E-state index >= 15 is 0 Å². The minimum absolute atomic E-state index is 0.0876. The van der Waals surface area contributed by atoms with Crippen molar-refractivity contribution >= 4 is 5.96 Å². The molecular weight excluding hydrogens is 357 g/mol. The molecule has 0 aliphatic carbocycles. The number of nitrogens with one attached hydrogen (secondary N) is 2. The summed E-state index contributed by atoms with van der Waals surface area (Å²) in [5.41, 5.74) is 3.37. The Bertz CT molecular complexity index is 839. The Labute approximate surface area is 166 Å². The van der Waals surface area contributed by atoms with Crippen LogP contribution in [0.1, 0.15) is 36.6 Å². The number of ether oxygens (including phenoxy) is 2. The van der Waals surface area contributed by atoms with Gasteiger partial charge < -0.3 is 20.1 Å². The van der Waals surface area contributed by atoms with Crippen molar-refractivity contribution in [3.63, 3.8) is 0 Å². The summed E-state index contributed by atoms with van der Waals surface area (Å²) in [5.74, 6) is 1.60. The standard InChI is InChI=1S/C22H28FN3O2/c1-4-24-22(26-15(2)17-6-8-21(27-3)19(23)14-17)25-11-9-16-5-7-20-18(13-16)10-12-28-20/h5-8,13-15H,4,9-12H2,1-3H3,(H2,24,25,26). The van der Waals surface area contributed by atoms with Crippen LogP contribution in [-0.4, -0.2) is 32.8 Å². The largest absolute Gasteiger partial charge is 0.494 e. The highest BCUT2D eigenvalue weighted by atomic mass is 19.1. The van der Waals surface area contributed by atoms with Crippen LogP contribution in [-0.2, 0) is 12.8 Å². The third-order valence-electron chi connectivity index (χ3n) is 4.80. The number of hydrogen-bond donors (Lipinski definition) is 2. The molecule has 0 amide bonds. The highest BCUT2D eigenvalue weighted by Gasteiger charge is 2.13. The van der Waals surface area contributed by atoms with Crippen LogP contribution >= 0.6 is 0 Å². The minimum Gasteiger partial charge on any atom is -0.494 e. The number of guanidine groups is 1. The van der Waals surface area contributed by atoms with Crippen LogP contribution in [0, 0.1) is 5.82 Å². The van der Waals surface area contributed by atoms with Crippen molar-refractivity contribution < 1.29 is 13.9 Å². The van der Waals surface area contributed by atoms with Gasteiger partial charge in [-0.05, 0) is 55.2 Å². The Morgan fingerprint density at radius 2 is 2.14 bits per heavy atom. The molecule has 2 N–H and O–H groups in total. The highest BCUT2D eigenvalue weighted by Crippen LogP contribution is 2.26. The van der Waals surface area contributed by atoms with Crippen molar-refractivity contribution in [3.05, 3.63) is 58.9 Å². The number of fused-ring (bicyclic) bond motifs is 1. The first-order valence-corrected chi connectivity index (χ1v) is 9.73. The first-order valence-electron chi connectivity index (χ1n) is 9.73. The molecule has 0 fully saturated rings. The van der Waals surface area contributed by atoms with E-state index in [-0.39, 0.29) is 17.6 Å². The second-order valence-electron chi connectivity index (χ2n) is 6.81. The zero-order chi connectivity index (χ0) is 19.9. The average Bonchev–Trinajstić information content (AvgIpc) is 3.16. The summed E-state index contributed by atoms with van der Waals surface area (Å²) in [4.78, 5) is 4.67. The summed E-state index contributed by atoms with van der Waals surface area (Å²) in [6, 6.07) is 11.3. The van der Waals surface area contributed by atoms with Crippen LogP contribution in [0.5, 0.6) is 11.5 Å². The maximum absolute atomic E-state index is 14.0. The van der Waals surface area contributed by atoms with Gasteiger partial charge in [-0.1, -0.05) is 18.2 Å². The topological polar surface area (TPSA) is 54.9 Å². The average molecular weight is 385 g/mol. The van der Waals surface area contributed by atoms with Crippen LogP contribution in [0.3, 0.4) is 0 Å². The monoisotopic (exact) mass is 385 g/mol. The molecule has 1 atom stereocenters. The molecule has 2 aromatic carbocycles. The molecular formula is C22H28FN3O2. The van der Waals surface area contributed by atoms with Gasteiger partial charge in [-0.2, -0.15) is 0 Å². The maximum atomic E-state index is 14.0. The van der Waals surface area contributed by atoms with Crippen LogP contribution in [0.4, 0.5) is 4.39 Å². The smallest absolute Gasteiger partial charge is 0.191 e. The molecule has 1 heterocycles. The molecule has 1 unspecified atom stereocenters. The summed E-state index contributed by atoms with van der Waals surface area (Å²) in [5, 5.41) is 6.59. The van der Waals surface area contributed by atoms with Gasteiger partial charge in [0.25, 0.3) is 0 Å². The summed E-state index contributed by atoms with van der Waals surface area (Å²) in [6.45, 7) is 6.20. The Morgan fingerprint density at radius 3 is 2.89 bits per heavy atom. The Morgan fingerprint density at radius 1 is 1.29 bits per heavy atom. The van der Waals surface area contributed by atoms with E-state index in [1.54, 1.807) is 6.07 Å². The van der Waals surface area contributed by atoms with Gasteiger partial charge in [0.15, 0.2) is 17.5 Å². The van der Waals surface area contributed by atoms with Gasteiger partial charge in [0.2, 0.25) is 0 Å². The molecule has 1 aliphatic heterocycles. The molecule has 1 aliphatic rings. The number of halogens is 1. The number of benzene rings is 2. The molecule has 0 bridgehead atoms. The first kappa shape index (κ1) is 20.0. The van der Waals surface area contributed by atoms with Crippen LogP contribution in [0.25, 0.3) is 0 Å². The van der Waals surface area contributed by atoms with E-state index < -0.39 is 0 Å². The lowest BCUT2D eigenvalue weighted by atomic mass is 10.1. The fourth-order valence-electron chi connectivity index (χ4n) is 3.25. The van der Waals surface area contributed by atoms with E-state index in [2.05, 4.69) is 27.8 Å². The molecule has 0 saturated carbocycles. The molecule has 0 spiro atoms. The quantitative estimate of drug-likeness (QED) is 0.565. The van der Waals surface area contributed by atoms with Gasteiger partial charge in [-0.25, -0.2) is 4.39 Å². The number of methoxy groups -OCH3 is 1. The van der Waals surface area contributed by atoms with Crippen molar-refractivity contribution in [2.24, 2.45) is 4.99 Å². The normalized spacial score (nSPS) is 14.2. The zero-order valence-corrected chi connectivity index (χ0v) is 16.7. The van der Waals surface area contributed by atoms with E-state index in [0.717, 1.165) is 43.3 Å². The number of nitrogens with zero attached hydrogens (tertiary/aromatic N) is 1. The van der Waals surface area contributed by atoms with Gasteiger partial charge >= 0.3 is 0 Å². The number of rotatable bonds is 7. The lowest BCUT2D eigenvalue weighted by molar-refractivity contribution is 0.357. The molecule has 0 aromatic heterocycles.